The standard InChI is InChI=1S/C22H33N5O2S/c1-5-27(20-10-7-6-8-11-20)17-9-16-24-22(23-2)25-18-19-12-14-21(15-13-19)30(28,29)26(3)4/h6-8,10-15H,5,9,16-18H2,1-4H3,(H2,23,24,25). The number of aliphatic imine (C=N–C) groups is 1. The highest BCUT2D eigenvalue weighted by molar-refractivity contribution is 7.89. The number of benzene rings is 2. The van der Waals surface area contributed by atoms with E-state index in [1.165, 1.54) is 24.1 Å². The lowest BCUT2D eigenvalue weighted by Crippen LogP contribution is -2.38. The van der Waals surface area contributed by atoms with Crippen LogP contribution in [0, 0.1) is 0 Å². The molecule has 7 nitrogen and oxygen atoms in total. The highest BCUT2D eigenvalue weighted by Crippen LogP contribution is 2.14. The van der Waals surface area contributed by atoms with Crippen LogP contribution in [-0.4, -0.2) is 59.5 Å². The number of sulfonamides is 1. The number of hydrogen-bond acceptors (Lipinski definition) is 4. The van der Waals surface area contributed by atoms with Crippen LogP contribution >= 0.6 is 0 Å². The van der Waals surface area contributed by atoms with Gasteiger partial charge in [-0.05, 0) is 43.2 Å². The zero-order chi connectivity index (χ0) is 22.0. The lowest BCUT2D eigenvalue weighted by Gasteiger charge is -2.23. The van der Waals surface area contributed by atoms with Gasteiger partial charge in [-0.15, -0.1) is 0 Å². The van der Waals surface area contributed by atoms with Gasteiger partial charge >= 0.3 is 0 Å². The Balaban J connectivity index is 1.78. The number of para-hydroxylation sites is 1. The quantitative estimate of drug-likeness (QED) is 0.343. The van der Waals surface area contributed by atoms with Crippen molar-refractivity contribution in [1.29, 1.82) is 0 Å². The van der Waals surface area contributed by atoms with E-state index in [1.807, 2.05) is 18.2 Å². The van der Waals surface area contributed by atoms with Crippen LogP contribution in [0.3, 0.4) is 0 Å². The van der Waals surface area contributed by atoms with Gasteiger partial charge in [0.25, 0.3) is 0 Å². The summed E-state index contributed by atoms with van der Waals surface area (Å²) in [7, 11) is 1.39. The molecule has 8 heteroatoms. The van der Waals surface area contributed by atoms with Gasteiger partial charge in [0.15, 0.2) is 5.96 Å². The zero-order valence-corrected chi connectivity index (χ0v) is 19.1. The lowest BCUT2D eigenvalue weighted by molar-refractivity contribution is 0.520. The van der Waals surface area contributed by atoms with Crippen LogP contribution in [-0.2, 0) is 16.6 Å². The summed E-state index contributed by atoms with van der Waals surface area (Å²) < 4.78 is 25.5. The molecular weight excluding hydrogens is 398 g/mol. The highest BCUT2D eigenvalue weighted by atomic mass is 32.2. The molecule has 0 saturated carbocycles. The minimum Gasteiger partial charge on any atom is -0.372 e. The first-order chi connectivity index (χ1) is 14.4. The molecule has 0 aliphatic heterocycles. The Morgan fingerprint density at radius 1 is 1.00 bits per heavy atom. The molecule has 2 N–H and O–H groups in total. The van der Waals surface area contributed by atoms with Gasteiger partial charge in [-0.25, -0.2) is 12.7 Å². The molecule has 0 atom stereocenters. The Morgan fingerprint density at radius 2 is 1.67 bits per heavy atom. The molecule has 0 bridgehead atoms. The summed E-state index contributed by atoms with van der Waals surface area (Å²) in [6.07, 6.45) is 0.987. The van der Waals surface area contributed by atoms with Crippen molar-refractivity contribution in [2.24, 2.45) is 4.99 Å². The summed E-state index contributed by atoms with van der Waals surface area (Å²) in [4.78, 5) is 6.89. The third-order valence-electron chi connectivity index (χ3n) is 4.79. The first kappa shape index (κ1) is 23.7. The van der Waals surface area contributed by atoms with Gasteiger partial charge in [-0.1, -0.05) is 30.3 Å². The van der Waals surface area contributed by atoms with Gasteiger partial charge in [-0.3, -0.25) is 4.99 Å². The Kier molecular flexibility index (Phi) is 9.14. The molecule has 2 aromatic rings. The molecule has 0 fully saturated rings. The predicted octanol–water partition coefficient (Wildman–Crippen LogP) is 2.52. The monoisotopic (exact) mass is 431 g/mol. The smallest absolute Gasteiger partial charge is 0.242 e. The number of nitrogens with one attached hydrogen (secondary N) is 2. The van der Waals surface area contributed by atoms with Gasteiger partial charge < -0.3 is 15.5 Å². The van der Waals surface area contributed by atoms with Gasteiger partial charge in [0.1, 0.15) is 0 Å². The van der Waals surface area contributed by atoms with E-state index >= 15 is 0 Å². The normalized spacial score (nSPS) is 12.1. The van der Waals surface area contributed by atoms with Gasteiger partial charge in [0.2, 0.25) is 10.0 Å². The van der Waals surface area contributed by atoms with Crippen LogP contribution in [0.25, 0.3) is 0 Å². The van der Waals surface area contributed by atoms with Crippen molar-refractivity contribution in [3.8, 4) is 0 Å². The van der Waals surface area contributed by atoms with Gasteiger partial charge in [-0.2, -0.15) is 0 Å². The summed E-state index contributed by atoms with van der Waals surface area (Å²) in [5.41, 5.74) is 2.22. The molecule has 2 rings (SSSR count). The molecule has 30 heavy (non-hydrogen) atoms. The third-order valence-corrected chi connectivity index (χ3v) is 6.62. The second kappa shape index (κ2) is 11.6. The Bertz CT molecular complexity index is 897. The minimum atomic E-state index is -3.40. The SMILES string of the molecule is CCN(CCCNC(=NC)NCc1ccc(S(=O)(=O)N(C)C)cc1)c1ccccc1. The fraction of sp³-hybridized carbons (Fsp3) is 0.409. The zero-order valence-electron chi connectivity index (χ0n) is 18.3. The molecule has 0 aliphatic rings. The van der Waals surface area contributed by atoms with E-state index in [2.05, 4.69) is 51.7 Å². The third kappa shape index (κ3) is 6.74. The van der Waals surface area contributed by atoms with Crippen molar-refractivity contribution in [1.82, 2.24) is 14.9 Å². The predicted molar refractivity (Wildman–Crippen MR) is 124 cm³/mol. The van der Waals surface area contributed by atoms with Crippen molar-refractivity contribution in [3.05, 3.63) is 60.2 Å². The molecule has 2 aromatic carbocycles. The first-order valence-electron chi connectivity index (χ1n) is 10.1. The van der Waals surface area contributed by atoms with Crippen molar-refractivity contribution < 1.29 is 8.42 Å². The van der Waals surface area contributed by atoms with Crippen molar-refractivity contribution in [3.63, 3.8) is 0 Å². The number of hydrogen-bond donors (Lipinski definition) is 2. The molecule has 0 aliphatic carbocycles. The molecule has 164 valence electrons. The highest BCUT2D eigenvalue weighted by Gasteiger charge is 2.16. The largest absolute Gasteiger partial charge is 0.372 e. The van der Waals surface area contributed by atoms with Crippen molar-refractivity contribution >= 4 is 21.7 Å². The van der Waals surface area contributed by atoms with Crippen LogP contribution in [0.2, 0.25) is 0 Å². The van der Waals surface area contributed by atoms with E-state index in [9.17, 15) is 8.42 Å². The molecule has 0 saturated heterocycles. The summed E-state index contributed by atoms with van der Waals surface area (Å²) in [6, 6.07) is 17.3. The maximum atomic E-state index is 12.1. The lowest BCUT2D eigenvalue weighted by atomic mass is 10.2. The second-order valence-corrected chi connectivity index (χ2v) is 9.20. The van der Waals surface area contributed by atoms with E-state index in [4.69, 9.17) is 0 Å². The average Bonchev–Trinajstić information content (AvgIpc) is 2.76. The Labute approximate surface area is 180 Å². The minimum absolute atomic E-state index is 0.289. The van der Waals surface area contributed by atoms with Crippen LogP contribution in [0.1, 0.15) is 18.9 Å². The van der Waals surface area contributed by atoms with E-state index in [0.717, 1.165) is 37.6 Å². The molecule has 0 heterocycles. The molecule has 0 unspecified atom stereocenters. The van der Waals surface area contributed by atoms with Gasteiger partial charge in [0, 0.05) is 53.0 Å². The topological polar surface area (TPSA) is 77.0 Å². The molecular formula is C22H33N5O2S. The van der Waals surface area contributed by atoms with Crippen LogP contribution in [0.4, 0.5) is 5.69 Å². The molecule has 0 radical (unpaired) electrons. The average molecular weight is 432 g/mol. The van der Waals surface area contributed by atoms with E-state index in [0.29, 0.717) is 6.54 Å². The van der Waals surface area contributed by atoms with Crippen molar-refractivity contribution in [2.75, 3.05) is 45.7 Å². The maximum Gasteiger partial charge on any atom is 0.242 e. The van der Waals surface area contributed by atoms with Crippen LogP contribution in [0.15, 0.2) is 64.5 Å². The van der Waals surface area contributed by atoms with E-state index in [-0.39, 0.29) is 4.90 Å². The fourth-order valence-corrected chi connectivity index (χ4v) is 3.88. The van der Waals surface area contributed by atoms with E-state index in [1.54, 1.807) is 19.2 Å². The number of guanidine groups is 1. The molecule has 0 spiro atoms. The Morgan fingerprint density at radius 3 is 2.23 bits per heavy atom. The van der Waals surface area contributed by atoms with Crippen LogP contribution < -0.4 is 15.5 Å². The van der Waals surface area contributed by atoms with Crippen LogP contribution in [0.5, 0.6) is 0 Å². The van der Waals surface area contributed by atoms with Crippen molar-refractivity contribution in [2.45, 2.75) is 24.8 Å². The van der Waals surface area contributed by atoms with E-state index < -0.39 is 10.0 Å². The Hall–Kier alpha value is -2.58. The summed E-state index contributed by atoms with van der Waals surface area (Å²) in [5, 5.41) is 6.60. The summed E-state index contributed by atoms with van der Waals surface area (Å²) in [5.74, 6) is 0.725. The number of nitrogens with zero attached hydrogens (tertiary/aromatic N) is 3. The molecule has 0 amide bonds. The summed E-state index contributed by atoms with van der Waals surface area (Å²) in [6.45, 7) is 5.47. The second-order valence-electron chi connectivity index (χ2n) is 7.05. The van der Waals surface area contributed by atoms with Gasteiger partial charge in [0.05, 0.1) is 4.90 Å². The number of anilines is 1. The number of rotatable bonds is 10. The summed E-state index contributed by atoms with van der Waals surface area (Å²) >= 11 is 0. The fourth-order valence-electron chi connectivity index (χ4n) is 2.98. The first-order valence-corrected chi connectivity index (χ1v) is 11.6. The molecule has 0 aromatic heterocycles. The maximum absolute atomic E-state index is 12.1.